The summed E-state index contributed by atoms with van der Waals surface area (Å²) in [6.07, 6.45) is 1.83. The zero-order valence-corrected chi connectivity index (χ0v) is 18.8. The van der Waals surface area contributed by atoms with E-state index in [1.165, 1.54) is 17.3 Å². The molecule has 0 fully saturated rings. The molecule has 7 heteroatoms. The van der Waals surface area contributed by atoms with E-state index >= 15 is 0 Å². The Labute approximate surface area is 186 Å². The number of aliphatic imine (C=N–C) groups is 1. The van der Waals surface area contributed by atoms with Crippen LogP contribution in [-0.2, 0) is 10.5 Å². The van der Waals surface area contributed by atoms with Gasteiger partial charge in [-0.1, -0.05) is 67.6 Å². The second kappa shape index (κ2) is 8.89. The third kappa shape index (κ3) is 4.77. The number of aromatic nitrogens is 2. The van der Waals surface area contributed by atoms with Crippen molar-refractivity contribution in [1.29, 1.82) is 0 Å². The Kier molecular flexibility index (Phi) is 6.04. The van der Waals surface area contributed by atoms with Gasteiger partial charge in [-0.25, -0.2) is 4.99 Å². The van der Waals surface area contributed by atoms with Crippen molar-refractivity contribution >= 4 is 34.6 Å². The van der Waals surface area contributed by atoms with Gasteiger partial charge >= 0.3 is 0 Å². The highest BCUT2D eigenvalue weighted by atomic mass is 32.2. The van der Waals surface area contributed by atoms with E-state index in [2.05, 4.69) is 41.2 Å². The molecule has 31 heavy (non-hydrogen) atoms. The van der Waals surface area contributed by atoms with E-state index in [1.807, 2.05) is 49.4 Å². The van der Waals surface area contributed by atoms with Crippen LogP contribution in [0, 0.1) is 13.8 Å². The van der Waals surface area contributed by atoms with Crippen LogP contribution >= 0.6 is 11.8 Å². The fourth-order valence-corrected chi connectivity index (χ4v) is 4.02. The molecule has 158 valence electrons. The first-order valence-electron chi connectivity index (χ1n) is 10.1. The van der Waals surface area contributed by atoms with E-state index in [4.69, 9.17) is 4.42 Å². The predicted octanol–water partition coefficient (Wildman–Crippen LogP) is 5.49. The molecule has 0 unspecified atom stereocenters. The van der Waals surface area contributed by atoms with Gasteiger partial charge in [0.05, 0.1) is 11.4 Å². The molecular weight excluding hydrogens is 408 g/mol. The summed E-state index contributed by atoms with van der Waals surface area (Å²) in [6.45, 7) is 8.09. The summed E-state index contributed by atoms with van der Waals surface area (Å²) in [5.41, 5.74) is 4.52. The fraction of sp³-hybridized carbons (Fsp3) is 0.250. The number of thioether (sulfide) groups is 1. The average molecular weight is 433 g/mol. The van der Waals surface area contributed by atoms with Gasteiger partial charge in [0.25, 0.3) is 5.91 Å². The first kappa shape index (κ1) is 21.1. The second-order valence-corrected chi connectivity index (χ2v) is 8.67. The number of carbonyl (C=O) groups excluding carboxylic acids is 1. The van der Waals surface area contributed by atoms with Crippen molar-refractivity contribution in [3.8, 4) is 0 Å². The summed E-state index contributed by atoms with van der Waals surface area (Å²) in [5, 5.41) is 8.49. The normalized spacial score (nSPS) is 15.3. The Morgan fingerprint density at radius 2 is 1.74 bits per heavy atom. The highest BCUT2D eigenvalue weighted by molar-refractivity contribution is 8.13. The Morgan fingerprint density at radius 1 is 1.03 bits per heavy atom. The quantitative estimate of drug-likeness (QED) is 0.499. The number of amidine groups is 1. The van der Waals surface area contributed by atoms with Crippen molar-refractivity contribution in [3.05, 3.63) is 82.7 Å². The smallest absolute Gasteiger partial charge is 0.283 e. The highest BCUT2D eigenvalue weighted by Crippen LogP contribution is 2.31. The average Bonchev–Trinajstić information content (AvgIpc) is 3.30. The molecule has 0 N–H and O–H groups in total. The number of hydrogen-bond donors (Lipinski definition) is 0. The molecular formula is C24H24N4O2S. The van der Waals surface area contributed by atoms with Crippen LogP contribution in [0.3, 0.4) is 0 Å². The summed E-state index contributed by atoms with van der Waals surface area (Å²) < 4.78 is 5.46. The maximum Gasteiger partial charge on any atom is 0.283 e. The molecule has 0 bridgehead atoms. The van der Waals surface area contributed by atoms with E-state index in [1.54, 1.807) is 11.8 Å². The Balaban J connectivity index is 1.64. The molecule has 2 aromatic carbocycles. The van der Waals surface area contributed by atoms with Crippen LogP contribution in [0.4, 0.5) is 5.69 Å². The molecule has 3 aromatic rings. The van der Waals surface area contributed by atoms with Crippen LogP contribution in [-0.4, -0.2) is 21.3 Å². The van der Waals surface area contributed by atoms with Crippen molar-refractivity contribution < 1.29 is 9.21 Å². The number of amides is 1. The predicted molar refractivity (Wildman–Crippen MR) is 125 cm³/mol. The van der Waals surface area contributed by atoms with Gasteiger partial charge in [-0.3, -0.25) is 9.69 Å². The molecule has 1 aliphatic rings. The van der Waals surface area contributed by atoms with Crippen LogP contribution in [0.2, 0.25) is 0 Å². The highest BCUT2D eigenvalue weighted by Gasteiger charge is 2.32. The molecule has 4 rings (SSSR count). The summed E-state index contributed by atoms with van der Waals surface area (Å²) in [7, 11) is 0. The first-order chi connectivity index (χ1) is 14.9. The van der Waals surface area contributed by atoms with Crippen LogP contribution in [0.1, 0.15) is 48.2 Å². The molecule has 0 aliphatic carbocycles. The number of hydrogen-bond acceptors (Lipinski definition) is 6. The van der Waals surface area contributed by atoms with Gasteiger partial charge in [-0.2, -0.15) is 0 Å². The van der Waals surface area contributed by atoms with Crippen LogP contribution < -0.4 is 4.90 Å². The van der Waals surface area contributed by atoms with Crippen molar-refractivity contribution in [2.45, 2.75) is 39.4 Å². The van der Waals surface area contributed by atoms with Gasteiger partial charge in [0, 0.05) is 6.92 Å². The number of nitrogens with zero attached hydrogens (tertiary/aromatic N) is 4. The van der Waals surface area contributed by atoms with E-state index in [0.29, 0.717) is 34.3 Å². The van der Waals surface area contributed by atoms with E-state index in [9.17, 15) is 4.79 Å². The molecule has 1 amide bonds. The largest absolute Gasteiger partial charge is 0.425 e. The number of anilines is 1. The molecule has 0 saturated carbocycles. The van der Waals surface area contributed by atoms with Gasteiger partial charge in [0.2, 0.25) is 11.8 Å². The topological polar surface area (TPSA) is 71.6 Å². The molecule has 2 heterocycles. The van der Waals surface area contributed by atoms with E-state index < -0.39 is 0 Å². The molecule has 1 aliphatic heterocycles. The van der Waals surface area contributed by atoms with Crippen molar-refractivity contribution in [2.75, 3.05) is 4.90 Å². The molecule has 0 atom stereocenters. The second-order valence-electron chi connectivity index (χ2n) is 7.72. The SMILES string of the molecule is Cc1ccc(N2C(=O)/C(=C/c3ccc(C(C)C)cc3)N=C2SCc2nnc(C)o2)cc1. The van der Waals surface area contributed by atoms with Crippen molar-refractivity contribution in [2.24, 2.45) is 4.99 Å². The molecule has 0 saturated heterocycles. The van der Waals surface area contributed by atoms with Crippen molar-refractivity contribution in [3.63, 3.8) is 0 Å². The van der Waals surface area contributed by atoms with Crippen LogP contribution in [0.25, 0.3) is 6.08 Å². The Morgan fingerprint density at radius 3 is 2.35 bits per heavy atom. The van der Waals surface area contributed by atoms with E-state index in [-0.39, 0.29) is 5.91 Å². The van der Waals surface area contributed by atoms with E-state index in [0.717, 1.165) is 16.8 Å². The summed E-state index contributed by atoms with van der Waals surface area (Å²) in [6, 6.07) is 16.1. The Bertz CT molecular complexity index is 1150. The standard InChI is InChI=1S/C24H24N4O2S/c1-15(2)19-9-7-18(8-10-19)13-21-23(29)28(20-11-5-16(3)6-12-20)24(25-21)31-14-22-27-26-17(4)30-22/h5-13,15H,14H2,1-4H3/b21-13-. The van der Waals surface area contributed by atoms with Gasteiger partial charge in [0.15, 0.2) is 5.17 Å². The maximum atomic E-state index is 13.3. The molecule has 6 nitrogen and oxygen atoms in total. The lowest BCUT2D eigenvalue weighted by Crippen LogP contribution is -2.30. The summed E-state index contributed by atoms with van der Waals surface area (Å²) in [5.74, 6) is 1.76. The first-order valence-corrected chi connectivity index (χ1v) is 11.1. The zero-order chi connectivity index (χ0) is 22.0. The lowest BCUT2D eigenvalue weighted by atomic mass is 10.0. The van der Waals surface area contributed by atoms with Gasteiger partial charge in [-0.15, -0.1) is 10.2 Å². The minimum atomic E-state index is -0.152. The monoisotopic (exact) mass is 432 g/mol. The van der Waals surface area contributed by atoms with Gasteiger partial charge < -0.3 is 4.42 Å². The third-order valence-electron chi connectivity index (χ3n) is 4.92. The van der Waals surface area contributed by atoms with Crippen LogP contribution in [0.5, 0.6) is 0 Å². The lowest BCUT2D eigenvalue weighted by molar-refractivity contribution is -0.113. The summed E-state index contributed by atoms with van der Waals surface area (Å²) >= 11 is 1.40. The zero-order valence-electron chi connectivity index (χ0n) is 18.0. The Hall–Kier alpha value is -3.19. The number of rotatable bonds is 5. The fourth-order valence-electron chi connectivity index (χ4n) is 3.17. The van der Waals surface area contributed by atoms with Crippen molar-refractivity contribution in [1.82, 2.24) is 10.2 Å². The van der Waals surface area contributed by atoms with Gasteiger partial charge in [-0.05, 0) is 42.2 Å². The number of benzene rings is 2. The maximum absolute atomic E-state index is 13.3. The minimum absolute atomic E-state index is 0.152. The number of carbonyl (C=O) groups is 1. The molecule has 0 spiro atoms. The lowest BCUT2D eigenvalue weighted by Gasteiger charge is -2.17. The molecule has 1 aromatic heterocycles. The number of aryl methyl sites for hydroxylation is 2. The summed E-state index contributed by atoms with van der Waals surface area (Å²) in [4.78, 5) is 19.6. The molecule has 0 radical (unpaired) electrons. The third-order valence-corrected chi connectivity index (χ3v) is 5.84. The minimum Gasteiger partial charge on any atom is -0.425 e. The van der Waals surface area contributed by atoms with Crippen LogP contribution in [0.15, 0.2) is 63.6 Å². The van der Waals surface area contributed by atoms with Gasteiger partial charge in [0.1, 0.15) is 5.70 Å².